The molecule has 0 saturated heterocycles. The van der Waals surface area contributed by atoms with Gasteiger partial charge in [-0.1, -0.05) is 23.7 Å². The van der Waals surface area contributed by atoms with Crippen molar-refractivity contribution in [2.24, 2.45) is 0 Å². The third-order valence-corrected chi connectivity index (χ3v) is 4.11. The van der Waals surface area contributed by atoms with Gasteiger partial charge in [0.25, 0.3) is 0 Å². The van der Waals surface area contributed by atoms with Gasteiger partial charge in [0, 0.05) is 11.6 Å². The summed E-state index contributed by atoms with van der Waals surface area (Å²) in [7, 11) is 0. The van der Waals surface area contributed by atoms with Gasteiger partial charge in [0.05, 0.1) is 4.92 Å². The third-order valence-electron chi connectivity index (χ3n) is 3.69. The second kappa shape index (κ2) is 7.96. The van der Waals surface area contributed by atoms with Crippen LogP contribution in [0.1, 0.15) is 11.1 Å². The van der Waals surface area contributed by atoms with Gasteiger partial charge in [0.15, 0.2) is 0 Å². The largest absolute Gasteiger partial charge is 0.434 e. The first-order valence-corrected chi connectivity index (χ1v) is 8.23. The number of aromatic nitrogens is 2. The molecule has 7 nitrogen and oxygen atoms in total. The van der Waals surface area contributed by atoms with Gasteiger partial charge >= 0.3 is 11.6 Å². The van der Waals surface area contributed by atoms with E-state index in [-0.39, 0.29) is 24.1 Å². The maximum absolute atomic E-state index is 13.0. The standard InChI is InChI=1S/C18H14ClFN4O3/c1-11-8-14(6-7-15(11)19)27-18-16(24(25)26)17(22-10-23-18)21-9-12-2-4-13(20)5-3-12/h2-8,10H,9H2,1H3,(H,21,22,23). The Labute approximate surface area is 158 Å². The highest BCUT2D eigenvalue weighted by Gasteiger charge is 2.25. The molecule has 9 heteroatoms. The zero-order valence-corrected chi connectivity index (χ0v) is 14.9. The Morgan fingerprint density at radius 2 is 1.96 bits per heavy atom. The maximum Gasteiger partial charge on any atom is 0.373 e. The fourth-order valence-electron chi connectivity index (χ4n) is 2.31. The highest BCUT2D eigenvalue weighted by atomic mass is 35.5. The number of nitro groups is 1. The second-order valence-corrected chi connectivity index (χ2v) is 6.03. The molecule has 0 unspecified atom stereocenters. The lowest BCUT2D eigenvalue weighted by Crippen LogP contribution is -2.07. The SMILES string of the molecule is Cc1cc(Oc2ncnc(NCc3ccc(F)cc3)c2[N+](=O)[O-])ccc1Cl. The Morgan fingerprint density at radius 3 is 2.63 bits per heavy atom. The number of hydrogen-bond donors (Lipinski definition) is 1. The summed E-state index contributed by atoms with van der Waals surface area (Å²) in [4.78, 5) is 18.7. The van der Waals surface area contributed by atoms with Crippen molar-refractivity contribution in [3.8, 4) is 11.6 Å². The quantitative estimate of drug-likeness (QED) is 0.477. The molecule has 0 bridgehead atoms. The Hall–Kier alpha value is -3.26. The lowest BCUT2D eigenvalue weighted by atomic mass is 10.2. The van der Waals surface area contributed by atoms with Crippen LogP contribution in [0.25, 0.3) is 0 Å². The normalized spacial score (nSPS) is 10.5. The number of aryl methyl sites for hydroxylation is 1. The third kappa shape index (κ3) is 4.48. The number of nitrogens with zero attached hydrogens (tertiary/aromatic N) is 3. The molecule has 1 heterocycles. The first-order valence-electron chi connectivity index (χ1n) is 7.86. The number of nitrogens with one attached hydrogen (secondary N) is 1. The Kier molecular flexibility index (Phi) is 5.46. The summed E-state index contributed by atoms with van der Waals surface area (Å²) >= 11 is 5.98. The number of ether oxygens (including phenoxy) is 1. The van der Waals surface area contributed by atoms with E-state index in [9.17, 15) is 14.5 Å². The van der Waals surface area contributed by atoms with Crippen molar-refractivity contribution in [1.29, 1.82) is 0 Å². The van der Waals surface area contributed by atoms with Crippen LogP contribution in [-0.2, 0) is 6.54 Å². The highest BCUT2D eigenvalue weighted by molar-refractivity contribution is 6.31. The Balaban J connectivity index is 1.86. The fourth-order valence-corrected chi connectivity index (χ4v) is 2.43. The minimum Gasteiger partial charge on any atom is -0.434 e. The predicted octanol–water partition coefficient (Wildman–Crippen LogP) is 4.89. The monoisotopic (exact) mass is 388 g/mol. The van der Waals surface area contributed by atoms with E-state index in [2.05, 4.69) is 15.3 Å². The van der Waals surface area contributed by atoms with Gasteiger partial charge < -0.3 is 10.1 Å². The van der Waals surface area contributed by atoms with Gasteiger partial charge in [-0.2, -0.15) is 4.98 Å². The maximum atomic E-state index is 13.0. The number of hydrogen-bond acceptors (Lipinski definition) is 6. The van der Waals surface area contributed by atoms with E-state index in [0.29, 0.717) is 10.8 Å². The summed E-state index contributed by atoms with van der Waals surface area (Å²) < 4.78 is 18.6. The van der Waals surface area contributed by atoms with Gasteiger partial charge in [-0.25, -0.2) is 9.37 Å². The van der Waals surface area contributed by atoms with Crippen LogP contribution < -0.4 is 10.1 Å². The molecule has 0 amide bonds. The lowest BCUT2D eigenvalue weighted by Gasteiger charge is -2.10. The summed E-state index contributed by atoms with van der Waals surface area (Å²) in [5.74, 6) is -0.192. The van der Waals surface area contributed by atoms with Crippen molar-refractivity contribution < 1.29 is 14.1 Å². The van der Waals surface area contributed by atoms with Crippen LogP contribution in [0, 0.1) is 22.9 Å². The van der Waals surface area contributed by atoms with Crippen LogP contribution in [-0.4, -0.2) is 14.9 Å². The van der Waals surface area contributed by atoms with Crippen molar-refractivity contribution in [3.63, 3.8) is 0 Å². The van der Waals surface area contributed by atoms with Crippen molar-refractivity contribution in [1.82, 2.24) is 9.97 Å². The van der Waals surface area contributed by atoms with Gasteiger partial charge in [-0.05, 0) is 48.4 Å². The van der Waals surface area contributed by atoms with E-state index in [1.807, 2.05) is 0 Å². The van der Waals surface area contributed by atoms with E-state index < -0.39 is 10.6 Å². The molecule has 0 atom stereocenters. The molecule has 0 fully saturated rings. The summed E-state index contributed by atoms with van der Waals surface area (Å²) in [5.41, 5.74) is 1.10. The summed E-state index contributed by atoms with van der Waals surface area (Å²) in [6.07, 6.45) is 1.16. The van der Waals surface area contributed by atoms with Crippen molar-refractivity contribution in [2.45, 2.75) is 13.5 Å². The van der Waals surface area contributed by atoms with Crippen molar-refractivity contribution in [2.75, 3.05) is 5.32 Å². The summed E-state index contributed by atoms with van der Waals surface area (Å²) in [6, 6.07) is 10.6. The molecule has 0 saturated carbocycles. The number of halogens is 2. The molecule has 2 aromatic carbocycles. The molecule has 3 rings (SSSR count). The van der Waals surface area contributed by atoms with Crippen LogP contribution in [0.5, 0.6) is 11.6 Å². The zero-order valence-electron chi connectivity index (χ0n) is 14.1. The molecule has 138 valence electrons. The average Bonchev–Trinajstić information content (AvgIpc) is 2.64. The van der Waals surface area contributed by atoms with Crippen LogP contribution in [0.2, 0.25) is 5.02 Å². The van der Waals surface area contributed by atoms with Gasteiger partial charge in [0.2, 0.25) is 5.82 Å². The van der Waals surface area contributed by atoms with Gasteiger partial charge in [0.1, 0.15) is 17.9 Å². The smallest absolute Gasteiger partial charge is 0.373 e. The minimum atomic E-state index is -0.620. The summed E-state index contributed by atoms with van der Waals surface area (Å²) in [6.45, 7) is 2.01. The van der Waals surface area contributed by atoms with Crippen LogP contribution in [0.4, 0.5) is 15.9 Å². The van der Waals surface area contributed by atoms with Crippen LogP contribution in [0.3, 0.4) is 0 Å². The van der Waals surface area contributed by atoms with E-state index in [4.69, 9.17) is 16.3 Å². The molecule has 0 aliphatic heterocycles. The molecule has 3 aromatic rings. The molecular weight excluding hydrogens is 375 g/mol. The first-order chi connectivity index (χ1) is 12.9. The van der Waals surface area contributed by atoms with E-state index in [1.54, 1.807) is 37.3 Å². The molecular formula is C18H14ClFN4O3. The van der Waals surface area contributed by atoms with E-state index in [0.717, 1.165) is 17.5 Å². The van der Waals surface area contributed by atoms with Gasteiger partial charge in [-0.3, -0.25) is 10.1 Å². The molecule has 0 radical (unpaired) electrons. The minimum absolute atomic E-state index is 0.00000969. The Morgan fingerprint density at radius 1 is 1.22 bits per heavy atom. The lowest BCUT2D eigenvalue weighted by molar-refractivity contribution is -0.385. The zero-order chi connectivity index (χ0) is 19.4. The van der Waals surface area contributed by atoms with Gasteiger partial charge in [-0.15, -0.1) is 0 Å². The van der Waals surface area contributed by atoms with E-state index in [1.165, 1.54) is 12.1 Å². The van der Waals surface area contributed by atoms with Crippen LogP contribution >= 0.6 is 11.6 Å². The molecule has 0 spiro atoms. The molecule has 27 heavy (non-hydrogen) atoms. The molecule has 0 aliphatic rings. The number of anilines is 1. The van der Waals surface area contributed by atoms with Crippen LogP contribution in [0.15, 0.2) is 48.8 Å². The summed E-state index contributed by atoms with van der Waals surface area (Å²) in [5, 5.41) is 15.0. The number of benzene rings is 2. The molecule has 1 aromatic heterocycles. The van der Waals surface area contributed by atoms with Crippen molar-refractivity contribution in [3.05, 3.63) is 80.9 Å². The van der Waals surface area contributed by atoms with Crippen molar-refractivity contribution >= 4 is 23.1 Å². The number of rotatable bonds is 6. The fraction of sp³-hybridized carbons (Fsp3) is 0.111. The predicted molar refractivity (Wildman–Crippen MR) is 98.7 cm³/mol. The highest BCUT2D eigenvalue weighted by Crippen LogP contribution is 2.35. The second-order valence-electron chi connectivity index (χ2n) is 5.63. The Bertz CT molecular complexity index is 983. The van der Waals surface area contributed by atoms with E-state index >= 15 is 0 Å². The molecule has 0 aliphatic carbocycles. The first kappa shape index (κ1) is 18.5. The average molecular weight is 389 g/mol. The topological polar surface area (TPSA) is 90.2 Å². The molecule has 1 N–H and O–H groups in total.